The van der Waals surface area contributed by atoms with Crippen LogP contribution in [0, 0.1) is 11.8 Å². The van der Waals surface area contributed by atoms with Crippen LogP contribution in [0.25, 0.3) is 0 Å². The smallest absolute Gasteiger partial charge is 0.428 e. The Morgan fingerprint density at radius 3 is 2.33 bits per heavy atom. The van der Waals surface area contributed by atoms with Gasteiger partial charge in [-0.15, -0.1) is 0 Å². The van der Waals surface area contributed by atoms with Crippen LogP contribution in [0.15, 0.2) is 42.6 Å². The summed E-state index contributed by atoms with van der Waals surface area (Å²) in [7, 11) is 0. The first-order chi connectivity index (χ1) is 11.4. The molecule has 0 amide bonds. The Kier molecular flexibility index (Phi) is 5.80. The van der Waals surface area contributed by atoms with E-state index in [0.717, 1.165) is 30.5 Å². The summed E-state index contributed by atoms with van der Waals surface area (Å²) in [5.74, 6) is 5.31. The summed E-state index contributed by atoms with van der Waals surface area (Å²) in [5.41, 5.74) is 2.24. The van der Waals surface area contributed by atoms with E-state index >= 15 is 0 Å². The third-order valence-electron chi connectivity index (χ3n) is 3.06. The van der Waals surface area contributed by atoms with Crippen molar-refractivity contribution >= 4 is 0 Å². The van der Waals surface area contributed by atoms with Crippen LogP contribution in [0.3, 0.4) is 0 Å². The number of alkyl halides is 4. The molecule has 0 spiro atoms. The molecule has 2 aromatic rings. The van der Waals surface area contributed by atoms with Gasteiger partial charge in [-0.25, -0.2) is 4.98 Å². The lowest BCUT2D eigenvalue weighted by Crippen LogP contribution is -2.33. The molecule has 126 valence electrons. The minimum atomic E-state index is -4.52. The third kappa shape index (κ3) is 4.98. The Bertz CT molecular complexity index is 715. The molecule has 0 aliphatic carbocycles. The number of benzene rings is 1. The van der Waals surface area contributed by atoms with Gasteiger partial charge in [0.1, 0.15) is 11.4 Å². The van der Waals surface area contributed by atoms with Crippen molar-refractivity contribution in [2.24, 2.45) is 0 Å². The zero-order valence-corrected chi connectivity index (χ0v) is 12.9. The van der Waals surface area contributed by atoms with Gasteiger partial charge in [0.25, 0.3) is 0 Å². The van der Waals surface area contributed by atoms with E-state index in [1.165, 1.54) is 12.1 Å². The summed E-state index contributed by atoms with van der Waals surface area (Å²) in [6, 6.07) is 8.91. The van der Waals surface area contributed by atoms with E-state index < -0.39 is 12.5 Å². The first-order valence-corrected chi connectivity index (χ1v) is 7.32. The fourth-order valence-corrected chi connectivity index (χ4v) is 1.88. The van der Waals surface area contributed by atoms with Crippen molar-refractivity contribution in [3.63, 3.8) is 0 Å². The normalized spacial score (nSPS) is 11.1. The molecule has 0 saturated heterocycles. The minimum absolute atomic E-state index is 0.354. The lowest BCUT2D eigenvalue weighted by molar-refractivity contribution is -0.253. The molecular weight excluding hydrogens is 322 g/mol. The van der Waals surface area contributed by atoms with Gasteiger partial charge in [0.05, 0.1) is 0 Å². The van der Waals surface area contributed by atoms with E-state index in [2.05, 4.69) is 28.5 Å². The number of rotatable bonds is 5. The maximum absolute atomic E-state index is 12.8. The molecule has 0 fully saturated rings. The second kappa shape index (κ2) is 7.82. The molecule has 6 heteroatoms. The number of aryl methyl sites for hydroxylation is 1. The Morgan fingerprint density at radius 1 is 1.08 bits per heavy atom. The van der Waals surface area contributed by atoms with E-state index in [9.17, 15) is 17.6 Å². The largest absolute Gasteiger partial charge is 0.461 e. The minimum Gasteiger partial charge on any atom is -0.428 e. The number of ether oxygens (including phenoxy) is 1. The van der Waals surface area contributed by atoms with Crippen molar-refractivity contribution < 1.29 is 22.3 Å². The van der Waals surface area contributed by atoms with Crippen LogP contribution in [0.4, 0.5) is 17.6 Å². The average Bonchev–Trinajstić information content (AvgIpc) is 2.55. The highest BCUT2D eigenvalue weighted by molar-refractivity contribution is 5.42. The van der Waals surface area contributed by atoms with Crippen molar-refractivity contribution in [2.45, 2.75) is 32.3 Å². The Labute approximate surface area is 137 Å². The van der Waals surface area contributed by atoms with Gasteiger partial charge in [0, 0.05) is 11.8 Å². The van der Waals surface area contributed by atoms with Gasteiger partial charge in [-0.2, -0.15) is 17.6 Å². The quantitative estimate of drug-likeness (QED) is 0.584. The Hall–Kier alpha value is -2.55. The molecule has 0 saturated carbocycles. The summed E-state index contributed by atoms with van der Waals surface area (Å²) in [6.45, 7) is 2.08. The molecule has 1 aromatic heterocycles. The third-order valence-corrected chi connectivity index (χ3v) is 3.06. The molecule has 0 aliphatic heterocycles. The number of nitrogens with zero attached hydrogens (tertiary/aromatic N) is 1. The van der Waals surface area contributed by atoms with E-state index in [1.54, 1.807) is 12.3 Å². The van der Waals surface area contributed by atoms with Crippen molar-refractivity contribution in [1.29, 1.82) is 0 Å². The Balaban J connectivity index is 2.04. The zero-order chi connectivity index (χ0) is 17.6. The highest BCUT2D eigenvalue weighted by Gasteiger charge is 2.43. The van der Waals surface area contributed by atoms with Gasteiger partial charge >= 0.3 is 12.5 Å². The summed E-state index contributed by atoms with van der Waals surface area (Å²) in [4.78, 5) is 4.22. The second-order valence-corrected chi connectivity index (χ2v) is 5.04. The number of aromatic nitrogens is 1. The van der Waals surface area contributed by atoms with Crippen LogP contribution in [0.1, 0.15) is 30.2 Å². The number of pyridine rings is 1. The van der Waals surface area contributed by atoms with Gasteiger partial charge in [-0.1, -0.05) is 25.3 Å². The summed E-state index contributed by atoms with van der Waals surface area (Å²) in [6.07, 6.45) is -4.66. The predicted molar refractivity (Wildman–Crippen MR) is 82.2 cm³/mol. The first kappa shape index (κ1) is 17.8. The predicted octanol–water partition coefficient (Wildman–Crippen LogP) is 4.67. The van der Waals surface area contributed by atoms with E-state index in [1.807, 2.05) is 6.07 Å². The summed E-state index contributed by atoms with van der Waals surface area (Å²) in [5, 5.41) is 0. The van der Waals surface area contributed by atoms with Gasteiger partial charge in [-0.3, -0.25) is 0 Å². The fourth-order valence-electron chi connectivity index (χ4n) is 1.88. The van der Waals surface area contributed by atoms with Crippen LogP contribution < -0.4 is 4.74 Å². The van der Waals surface area contributed by atoms with Crippen LogP contribution in [-0.4, -0.2) is 17.5 Å². The van der Waals surface area contributed by atoms with E-state index in [4.69, 9.17) is 0 Å². The van der Waals surface area contributed by atoms with Crippen LogP contribution in [-0.2, 0) is 6.42 Å². The number of hydrogen-bond donors (Lipinski definition) is 0. The van der Waals surface area contributed by atoms with E-state index in [0.29, 0.717) is 11.3 Å². The monoisotopic (exact) mass is 337 g/mol. The molecule has 0 atom stereocenters. The fraction of sp³-hybridized carbons (Fsp3) is 0.278. The van der Waals surface area contributed by atoms with Crippen LogP contribution in [0.5, 0.6) is 5.75 Å². The van der Waals surface area contributed by atoms with Crippen LogP contribution in [0.2, 0.25) is 0 Å². The molecule has 0 N–H and O–H groups in total. The van der Waals surface area contributed by atoms with Crippen LogP contribution >= 0.6 is 0 Å². The lowest BCUT2D eigenvalue weighted by Gasteiger charge is -2.16. The van der Waals surface area contributed by atoms with Crippen molar-refractivity contribution in [1.82, 2.24) is 4.98 Å². The average molecular weight is 337 g/mol. The second-order valence-electron chi connectivity index (χ2n) is 5.04. The lowest BCUT2D eigenvalue weighted by atomic mass is 10.1. The van der Waals surface area contributed by atoms with Gasteiger partial charge in [-0.05, 0) is 48.2 Å². The first-order valence-electron chi connectivity index (χ1n) is 7.32. The molecule has 2 rings (SSSR count). The van der Waals surface area contributed by atoms with Gasteiger partial charge in [0.15, 0.2) is 0 Å². The molecule has 0 radical (unpaired) electrons. The van der Waals surface area contributed by atoms with Crippen molar-refractivity contribution in [3.8, 4) is 17.6 Å². The standard InChI is InChI=1S/C18H15F4NO/c1-2-3-14-5-9-15(23-12-14)8-4-13-6-10-16(11-7-13)24-18(21,22)17(19)20/h5-7,9-12,17H,2-3H2,1H3. The summed E-state index contributed by atoms with van der Waals surface area (Å²) >= 11 is 0. The number of hydrogen-bond acceptors (Lipinski definition) is 2. The van der Waals surface area contributed by atoms with Gasteiger partial charge < -0.3 is 4.74 Å². The molecule has 2 nitrogen and oxygen atoms in total. The Morgan fingerprint density at radius 2 is 1.79 bits per heavy atom. The molecule has 0 bridgehead atoms. The molecular formula is C18H15F4NO. The highest BCUT2D eigenvalue weighted by Crippen LogP contribution is 2.27. The molecule has 0 aliphatic rings. The maximum Gasteiger partial charge on any atom is 0.461 e. The maximum atomic E-state index is 12.8. The van der Waals surface area contributed by atoms with E-state index in [-0.39, 0.29) is 5.75 Å². The number of halogens is 4. The molecule has 0 unspecified atom stereocenters. The highest BCUT2D eigenvalue weighted by atomic mass is 19.3. The molecule has 1 heterocycles. The topological polar surface area (TPSA) is 22.1 Å². The molecule has 1 aromatic carbocycles. The van der Waals surface area contributed by atoms with Crippen molar-refractivity contribution in [2.75, 3.05) is 0 Å². The molecule has 24 heavy (non-hydrogen) atoms. The SMILES string of the molecule is CCCc1ccc(C#Cc2ccc(OC(F)(F)C(F)F)cc2)nc1. The van der Waals surface area contributed by atoms with Crippen molar-refractivity contribution in [3.05, 3.63) is 59.4 Å². The van der Waals surface area contributed by atoms with Gasteiger partial charge in [0.2, 0.25) is 0 Å². The zero-order valence-electron chi connectivity index (χ0n) is 12.9. The summed E-state index contributed by atoms with van der Waals surface area (Å²) < 4.78 is 53.7.